The van der Waals surface area contributed by atoms with E-state index in [1.54, 1.807) is 6.20 Å². The minimum Gasteiger partial charge on any atom is -0.296 e. The molecule has 0 aliphatic carbocycles. The van der Waals surface area contributed by atoms with Gasteiger partial charge in [-0.05, 0) is 11.1 Å². The highest BCUT2D eigenvalue weighted by Crippen LogP contribution is 2.13. The number of nitrogens with zero attached hydrogens (tertiary/aromatic N) is 1. The molecule has 0 fully saturated rings. The molecule has 1 aromatic heterocycles. The number of nitrogens with one attached hydrogen (secondary N) is 1. The first-order valence-corrected chi connectivity index (χ1v) is 6.67. The highest BCUT2D eigenvalue weighted by Gasteiger charge is 2.07. The van der Waals surface area contributed by atoms with E-state index in [2.05, 4.69) is 4.98 Å². The van der Waals surface area contributed by atoms with Crippen LogP contribution in [-0.2, 0) is 6.54 Å². The Morgan fingerprint density at radius 1 is 0.857 bits per heavy atom. The summed E-state index contributed by atoms with van der Waals surface area (Å²) in [5.74, 6) is 0. The summed E-state index contributed by atoms with van der Waals surface area (Å²) < 4.78 is 1.51. The Balaban J connectivity index is 2.07. The average molecular weight is 278 g/mol. The van der Waals surface area contributed by atoms with Crippen molar-refractivity contribution >= 4 is 0 Å². The third kappa shape index (κ3) is 2.84. The number of rotatable bonds is 3. The molecule has 0 atom stereocenters. The Kier molecular flexibility index (Phi) is 3.51. The number of aromatic nitrogens is 2. The van der Waals surface area contributed by atoms with Crippen LogP contribution in [0.4, 0.5) is 0 Å². The highest BCUT2D eigenvalue weighted by atomic mass is 16.2. The summed E-state index contributed by atoms with van der Waals surface area (Å²) in [5.41, 5.74) is 1.52. The fourth-order valence-electron chi connectivity index (χ4n) is 2.23. The van der Waals surface area contributed by atoms with Crippen molar-refractivity contribution in [2.24, 2.45) is 0 Å². The van der Waals surface area contributed by atoms with Crippen LogP contribution in [0.2, 0.25) is 0 Å². The zero-order valence-corrected chi connectivity index (χ0v) is 11.3. The van der Waals surface area contributed by atoms with E-state index in [-0.39, 0.29) is 5.56 Å². The zero-order chi connectivity index (χ0) is 14.7. The third-order valence-corrected chi connectivity index (χ3v) is 3.29. The summed E-state index contributed by atoms with van der Waals surface area (Å²) >= 11 is 0. The van der Waals surface area contributed by atoms with Crippen LogP contribution in [-0.4, -0.2) is 9.55 Å². The molecule has 0 spiro atoms. The van der Waals surface area contributed by atoms with Gasteiger partial charge in [-0.25, -0.2) is 4.79 Å². The van der Waals surface area contributed by atoms with Crippen molar-refractivity contribution in [3.63, 3.8) is 0 Å². The maximum atomic E-state index is 12.0. The molecule has 0 amide bonds. The second-order valence-electron chi connectivity index (χ2n) is 4.78. The molecular formula is C17H14N2O2. The average Bonchev–Trinajstić information content (AvgIpc) is 2.52. The molecule has 3 rings (SSSR count). The van der Waals surface area contributed by atoms with Crippen LogP contribution >= 0.6 is 0 Å². The van der Waals surface area contributed by atoms with Crippen LogP contribution in [0, 0.1) is 0 Å². The van der Waals surface area contributed by atoms with E-state index >= 15 is 0 Å². The molecule has 0 unspecified atom stereocenters. The molecule has 4 heteroatoms. The number of hydrogen-bond acceptors (Lipinski definition) is 2. The van der Waals surface area contributed by atoms with Gasteiger partial charge in [0.15, 0.2) is 0 Å². The number of hydrogen-bond donors (Lipinski definition) is 1. The quantitative estimate of drug-likeness (QED) is 0.799. The SMILES string of the molecule is O=c1[nH]c(=O)n(Cc2ccccc2)cc1-c1ccccc1. The minimum absolute atomic E-state index is 0.365. The van der Waals surface area contributed by atoms with Gasteiger partial charge in [-0.1, -0.05) is 60.7 Å². The van der Waals surface area contributed by atoms with Gasteiger partial charge in [0.2, 0.25) is 0 Å². The number of aromatic amines is 1. The van der Waals surface area contributed by atoms with Crippen molar-refractivity contribution in [1.82, 2.24) is 9.55 Å². The molecule has 21 heavy (non-hydrogen) atoms. The van der Waals surface area contributed by atoms with Gasteiger partial charge in [-0.15, -0.1) is 0 Å². The Morgan fingerprint density at radius 3 is 2.14 bits per heavy atom. The molecule has 1 N–H and O–H groups in total. The van der Waals surface area contributed by atoms with Crippen LogP contribution < -0.4 is 11.2 Å². The summed E-state index contributed by atoms with van der Waals surface area (Å²) in [4.78, 5) is 26.3. The van der Waals surface area contributed by atoms with Gasteiger partial charge in [-0.2, -0.15) is 0 Å². The van der Waals surface area contributed by atoms with Crippen molar-refractivity contribution in [2.45, 2.75) is 6.54 Å². The van der Waals surface area contributed by atoms with E-state index in [0.717, 1.165) is 11.1 Å². The molecule has 0 radical (unpaired) electrons. The van der Waals surface area contributed by atoms with Gasteiger partial charge < -0.3 is 0 Å². The van der Waals surface area contributed by atoms with E-state index < -0.39 is 5.69 Å². The molecular weight excluding hydrogens is 264 g/mol. The van der Waals surface area contributed by atoms with Crippen LogP contribution in [0.25, 0.3) is 11.1 Å². The lowest BCUT2D eigenvalue weighted by molar-refractivity contribution is 0.722. The molecule has 1 heterocycles. The van der Waals surface area contributed by atoms with Gasteiger partial charge >= 0.3 is 5.69 Å². The van der Waals surface area contributed by atoms with E-state index in [1.807, 2.05) is 60.7 Å². The first-order valence-electron chi connectivity index (χ1n) is 6.67. The van der Waals surface area contributed by atoms with Gasteiger partial charge in [0.25, 0.3) is 5.56 Å². The van der Waals surface area contributed by atoms with Gasteiger partial charge in [-0.3, -0.25) is 14.3 Å². The lowest BCUT2D eigenvalue weighted by atomic mass is 10.1. The van der Waals surface area contributed by atoms with Gasteiger partial charge in [0.05, 0.1) is 12.1 Å². The zero-order valence-electron chi connectivity index (χ0n) is 11.3. The molecule has 4 nitrogen and oxygen atoms in total. The predicted octanol–water partition coefficient (Wildman–Crippen LogP) is 2.25. The predicted molar refractivity (Wildman–Crippen MR) is 82.3 cm³/mol. The van der Waals surface area contributed by atoms with E-state index in [9.17, 15) is 9.59 Å². The molecule has 3 aromatic rings. The van der Waals surface area contributed by atoms with Gasteiger partial charge in [0.1, 0.15) is 0 Å². The van der Waals surface area contributed by atoms with Crippen molar-refractivity contribution in [3.05, 3.63) is 93.3 Å². The lowest BCUT2D eigenvalue weighted by Crippen LogP contribution is -2.30. The van der Waals surface area contributed by atoms with E-state index in [1.165, 1.54) is 4.57 Å². The first kappa shape index (κ1) is 13.1. The highest BCUT2D eigenvalue weighted by molar-refractivity contribution is 5.60. The van der Waals surface area contributed by atoms with Crippen molar-refractivity contribution in [3.8, 4) is 11.1 Å². The molecule has 2 aromatic carbocycles. The Hall–Kier alpha value is -2.88. The maximum absolute atomic E-state index is 12.0. The molecule has 0 saturated heterocycles. The standard InChI is InChI=1S/C17H14N2O2/c20-16-15(14-9-5-2-6-10-14)12-19(17(21)18-16)11-13-7-3-1-4-8-13/h1-10,12H,11H2,(H,18,20,21). The fourth-order valence-corrected chi connectivity index (χ4v) is 2.23. The largest absolute Gasteiger partial charge is 0.328 e. The summed E-state index contributed by atoms with van der Waals surface area (Å²) in [6, 6.07) is 19.0. The van der Waals surface area contributed by atoms with Crippen molar-refractivity contribution < 1.29 is 0 Å². The Morgan fingerprint density at radius 2 is 1.48 bits per heavy atom. The topological polar surface area (TPSA) is 54.9 Å². The Bertz CT molecular complexity index is 849. The number of benzene rings is 2. The summed E-state index contributed by atoms with van der Waals surface area (Å²) in [6.07, 6.45) is 1.61. The first-order chi connectivity index (χ1) is 10.2. The van der Waals surface area contributed by atoms with Gasteiger partial charge in [0, 0.05) is 6.20 Å². The summed E-state index contributed by atoms with van der Waals surface area (Å²) in [5, 5.41) is 0. The van der Waals surface area contributed by atoms with Crippen LogP contribution in [0.5, 0.6) is 0 Å². The van der Waals surface area contributed by atoms with Crippen LogP contribution in [0.3, 0.4) is 0 Å². The molecule has 0 bridgehead atoms. The molecule has 0 aliphatic rings. The third-order valence-electron chi connectivity index (χ3n) is 3.29. The lowest BCUT2D eigenvalue weighted by Gasteiger charge is -2.08. The monoisotopic (exact) mass is 278 g/mol. The second kappa shape index (κ2) is 5.63. The second-order valence-corrected chi connectivity index (χ2v) is 4.78. The van der Waals surface area contributed by atoms with Crippen molar-refractivity contribution in [2.75, 3.05) is 0 Å². The Labute approximate surface area is 121 Å². The molecule has 104 valence electrons. The normalized spacial score (nSPS) is 10.5. The van der Waals surface area contributed by atoms with E-state index in [4.69, 9.17) is 0 Å². The van der Waals surface area contributed by atoms with Crippen LogP contribution in [0.1, 0.15) is 5.56 Å². The summed E-state index contributed by atoms with van der Waals surface area (Å²) in [6.45, 7) is 0.427. The smallest absolute Gasteiger partial charge is 0.296 e. The van der Waals surface area contributed by atoms with Crippen molar-refractivity contribution in [1.29, 1.82) is 0 Å². The number of H-pyrrole nitrogens is 1. The van der Waals surface area contributed by atoms with E-state index in [0.29, 0.717) is 12.1 Å². The van der Waals surface area contributed by atoms with Crippen LogP contribution in [0.15, 0.2) is 76.4 Å². The minimum atomic E-state index is -0.400. The summed E-state index contributed by atoms with van der Waals surface area (Å²) in [7, 11) is 0. The molecule has 0 saturated carbocycles. The maximum Gasteiger partial charge on any atom is 0.328 e. The molecule has 0 aliphatic heterocycles. The fraction of sp³-hybridized carbons (Fsp3) is 0.0588.